The van der Waals surface area contributed by atoms with Crippen LogP contribution in [-0.4, -0.2) is 29.5 Å². The van der Waals surface area contributed by atoms with Crippen molar-refractivity contribution in [2.45, 2.75) is 88.1 Å². The van der Waals surface area contributed by atoms with Gasteiger partial charge in [0.05, 0.1) is 0 Å². The van der Waals surface area contributed by atoms with E-state index in [0.717, 1.165) is 32.1 Å². The molecule has 2 amide bonds. The Balaban J connectivity index is 1.21. The van der Waals surface area contributed by atoms with Gasteiger partial charge in [0, 0.05) is 17.0 Å². The summed E-state index contributed by atoms with van der Waals surface area (Å²) >= 11 is 0. The molecule has 0 aromatic heterocycles. The molecule has 0 radical (unpaired) electrons. The van der Waals surface area contributed by atoms with Crippen LogP contribution >= 0.6 is 0 Å². The number of rotatable bonds is 6. The van der Waals surface area contributed by atoms with E-state index in [1.165, 1.54) is 44.9 Å². The first-order valence-corrected chi connectivity index (χ1v) is 12.7. The number of hydrogen-bond acceptors (Lipinski definition) is 3. The van der Waals surface area contributed by atoms with Crippen molar-refractivity contribution in [3.63, 3.8) is 0 Å². The highest BCUT2D eigenvalue weighted by Gasteiger charge is 2.69. The van der Waals surface area contributed by atoms with Gasteiger partial charge in [-0.15, -0.1) is 0 Å². The molecule has 4 saturated carbocycles. The van der Waals surface area contributed by atoms with E-state index in [0.29, 0.717) is 5.75 Å². The highest BCUT2D eigenvalue weighted by Crippen LogP contribution is 2.60. The summed E-state index contributed by atoms with van der Waals surface area (Å²) in [7, 11) is 0. The molecule has 4 aliphatic carbocycles. The molecule has 1 aromatic rings. The molecule has 5 heteroatoms. The van der Waals surface area contributed by atoms with Gasteiger partial charge in [0.2, 0.25) is 5.91 Å². The summed E-state index contributed by atoms with van der Waals surface area (Å²) in [6.07, 6.45) is 13.4. The molecule has 0 aliphatic heterocycles. The van der Waals surface area contributed by atoms with Crippen molar-refractivity contribution in [1.82, 2.24) is 10.6 Å². The Hall–Kier alpha value is -2.56. The van der Waals surface area contributed by atoms with Crippen LogP contribution < -0.4 is 15.4 Å². The van der Waals surface area contributed by atoms with E-state index >= 15 is 0 Å². The lowest BCUT2D eigenvalue weighted by Gasteiger charge is -2.70. The van der Waals surface area contributed by atoms with Gasteiger partial charge in [-0.3, -0.25) is 9.59 Å². The van der Waals surface area contributed by atoms with Gasteiger partial charge < -0.3 is 15.4 Å². The molecular weight excluding hydrogens is 412 g/mol. The fourth-order valence-corrected chi connectivity index (χ4v) is 5.74. The second-order valence-corrected chi connectivity index (χ2v) is 10.2. The molecule has 0 spiro atoms. The van der Waals surface area contributed by atoms with Crippen molar-refractivity contribution in [2.75, 3.05) is 6.61 Å². The topological polar surface area (TPSA) is 67.4 Å². The van der Waals surface area contributed by atoms with Gasteiger partial charge in [-0.1, -0.05) is 87.4 Å². The minimum absolute atomic E-state index is 0.00719. The highest BCUT2D eigenvalue weighted by molar-refractivity contribution is 5.82. The van der Waals surface area contributed by atoms with Crippen molar-refractivity contribution in [3.05, 3.63) is 54.6 Å². The SMILES string of the molecule is O=C(COc1ccccccccc1)NC12CC(NC(=O)C3CCCCCCCCC3)(C1)C2. The lowest BCUT2D eigenvalue weighted by molar-refractivity contribution is -0.152. The molecule has 2 bridgehead atoms. The first kappa shape index (κ1) is 23.6. The molecule has 0 heterocycles. The standard InChI is InChI=1S/C28H38N2O3/c31-25(19-33-24-17-13-9-5-2-6-10-14-18-24)29-27-20-28(21-27,22-27)30-26(32)23-15-11-7-3-1-4-8-12-16-23/h2,5-6,9-10,13-14,17-18,23H,1,3-4,7-8,11-12,15-16,19-22H2,(H,29,31)(H,30,32). The molecule has 5 rings (SSSR count). The number of carbonyl (C=O) groups is 2. The Morgan fingerprint density at radius 1 is 0.727 bits per heavy atom. The number of amides is 2. The Kier molecular flexibility index (Phi) is 7.89. The van der Waals surface area contributed by atoms with Crippen molar-refractivity contribution in [1.29, 1.82) is 0 Å². The molecule has 33 heavy (non-hydrogen) atoms. The lowest BCUT2D eigenvalue weighted by atomic mass is 9.44. The van der Waals surface area contributed by atoms with E-state index in [2.05, 4.69) is 10.6 Å². The zero-order valence-electron chi connectivity index (χ0n) is 19.7. The van der Waals surface area contributed by atoms with E-state index in [4.69, 9.17) is 4.74 Å². The fraction of sp³-hybridized carbons (Fsp3) is 0.571. The van der Waals surface area contributed by atoms with Crippen LogP contribution in [0.4, 0.5) is 0 Å². The molecule has 4 aliphatic rings. The maximum atomic E-state index is 13.0. The van der Waals surface area contributed by atoms with Gasteiger partial charge in [-0.2, -0.15) is 0 Å². The van der Waals surface area contributed by atoms with Crippen molar-refractivity contribution in [2.24, 2.45) is 5.92 Å². The third-order valence-electron chi connectivity index (χ3n) is 7.36. The molecule has 2 N–H and O–H groups in total. The molecule has 4 fully saturated rings. The van der Waals surface area contributed by atoms with Gasteiger partial charge in [-0.25, -0.2) is 0 Å². The first-order valence-electron chi connectivity index (χ1n) is 12.7. The summed E-state index contributed by atoms with van der Waals surface area (Å²) < 4.78 is 5.70. The van der Waals surface area contributed by atoms with Crippen LogP contribution in [0.15, 0.2) is 54.6 Å². The normalized spacial score (nSPS) is 27.0. The zero-order chi connectivity index (χ0) is 23.0. The van der Waals surface area contributed by atoms with Crippen LogP contribution in [0.2, 0.25) is 0 Å². The molecule has 0 saturated heterocycles. The van der Waals surface area contributed by atoms with Gasteiger partial charge in [0.1, 0.15) is 5.75 Å². The molecule has 178 valence electrons. The summed E-state index contributed by atoms with van der Waals surface area (Å²) in [6.45, 7) is -0.00719. The predicted molar refractivity (Wildman–Crippen MR) is 130 cm³/mol. The first-order chi connectivity index (χ1) is 16.1. The van der Waals surface area contributed by atoms with E-state index in [9.17, 15) is 9.59 Å². The highest BCUT2D eigenvalue weighted by atomic mass is 16.5. The Morgan fingerprint density at radius 3 is 1.79 bits per heavy atom. The number of nitrogens with one attached hydrogen (secondary N) is 2. The largest absolute Gasteiger partial charge is 0.484 e. The third kappa shape index (κ3) is 6.49. The van der Waals surface area contributed by atoms with E-state index in [1.807, 2.05) is 54.6 Å². The second-order valence-electron chi connectivity index (χ2n) is 10.2. The Morgan fingerprint density at radius 2 is 1.21 bits per heavy atom. The van der Waals surface area contributed by atoms with E-state index in [-0.39, 0.29) is 35.4 Å². The molecule has 5 nitrogen and oxygen atoms in total. The smallest absolute Gasteiger partial charge is 0.258 e. The van der Waals surface area contributed by atoms with E-state index in [1.54, 1.807) is 0 Å². The Labute approximate surface area is 198 Å². The minimum atomic E-state index is -0.155. The maximum Gasteiger partial charge on any atom is 0.258 e. The fourth-order valence-electron chi connectivity index (χ4n) is 5.74. The maximum absolute atomic E-state index is 13.0. The number of hydrogen-bond donors (Lipinski definition) is 2. The van der Waals surface area contributed by atoms with Crippen LogP contribution in [0.25, 0.3) is 0 Å². The van der Waals surface area contributed by atoms with Gasteiger partial charge in [-0.05, 0) is 44.2 Å². The molecule has 0 atom stereocenters. The summed E-state index contributed by atoms with van der Waals surface area (Å²) in [4.78, 5) is 25.4. The van der Waals surface area contributed by atoms with Crippen molar-refractivity contribution < 1.29 is 14.3 Å². The molecular formula is C28H38N2O3. The van der Waals surface area contributed by atoms with Gasteiger partial charge in [0.15, 0.2) is 6.61 Å². The third-order valence-corrected chi connectivity index (χ3v) is 7.36. The van der Waals surface area contributed by atoms with Crippen LogP contribution in [0.5, 0.6) is 5.75 Å². The monoisotopic (exact) mass is 450 g/mol. The summed E-state index contributed by atoms with van der Waals surface area (Å²) in [5, 5.41) is 6.51. The molecule has 0 unspecified atom stereocenters. The van der Waals surface area contributed by atoms with Crippen LogP contribution in [-0.2, 0) is 9.59 Å². The minimum Gasteiger partial charge on any atom is -0.484 e. The zero-order valence-corrected chi connectivity index (χ0v) is 19.7. The van der Waals surface area contributed by atoms with Gasteiger partial charge >= 0.3 is 0 Å². The van der Waals surface area contributed by atoms with Crippen molar-refractivity contribution >= 4 is 11.8 Å². The second kappa shape index (κ2) is 11.0. The lowest BCUT2D eigenvalue weighted by Crippen LogP contribution is -2.84. The summed E-state index contributed by atoms with van der Waals surface area (Å²) in [6, 6.07) is 17.1. The average Bonchev–Trinajstić information content (AvgIpc) is 2.77. The van der Waals surface area contributed by atoms with Crippen molar-refractivity contribution in [3.8, 4) is 5.75 Å². The average molecular weight is 451 g/mol. The summed E-state index contributed by atoms with van der Waals surface area (Å²) in [5.41, 5.74) is -0.245. The molecule has 1 aromatic carbocycles. The predicted octanol–water partition coefficient (Wildman–Crippen LogP) is 5.24. The quantitative estimate of drug-likeness (QED) is 0.623. The van der Waals surface area contributed by atoms with Crippen LogP contribution in [0.1, 0.15) is 77.0 Å². The van der Waals surface area contributed by atoms with Crippen LogP contribution in [0.3, 0.4) is 0 Å². The van der Waals surface area contributed by atoms with Gasteiger partial charge in [0.25, 0.3) is 5.91 Å². The number of carbonyl (C=O) groups excluding carboxylic acids is 2. The van der Waals surface area contributed by atoms with Crippen LogP contribution in [0, 0.1) is 5.92 Å². The van der Waals surface area contributed by atoms with E-state index < -0.39 is 0 Å². The number of ether oxygens (including phenoxy) is 1. The summed E-state index contributed by atoms with van der Waals surface area (Å²) in [5.74, 6) is 0.945. The Bertz CT molecular complexity index is 828.